The number of carbonyl (C=O) groups is 2. The van der Waals surface area contributed by atoms with Crippen molar-refractivity contribution in [2.75, 3.05) is 20.8 Å². The fraction of sp³-hybridized carbons (Fsp3) is 0.391. The zero-order valence-corrected chi connectivity index (χ0v) is 18.4. The number of carbonyl (C=O) groups excluding carboxylic acids is 2. The van der Waals surface area contributed by atoms with Crippen molar-refractivity contribution in [1.82, 2.24) is 10.2 Å². The first-order valence-electron chi connectivity index (χ1n) is 10.0. The molecule has 1 atom stereocenters. The van der Waals surface area contributed by atoms with E-state index < -0.39 is 6.04 Å². The monoisotopic (exact) mass is 432 g/mol. The van der Waals surface area contributed by atoms with Crippen molar-refractivity contribution >= 4 is 23.4 Å². The second-order valence-corrected chi connectivity index (χ2v) is 7.25. The fourth-order valence-corrected chi connectivity index (χ4v) is 3.23. The van der Waals surface area contributed by atoms with Gasteiger partial charge >= 0.3 is 0 Å². The van der Waals surface area contributed by atoms with Gasteiger partial charge in [0.1, 0.15) is 17.5 Å². The van der Waals surface area contributed by atoms with Crippen molar-refractivity contribution in [2.45, 2.75) is 38.8 Å². The maximum atomic E-state index is 13.0. The molecule has 0 aliphatic heterocycles. The molecule has 1 N–H and O–H groups in total. The topological polar surface area (TPSA) is 67.9 Å². The number of nitrogens with zero attached hydrogens (tertiary/aromatic N) is 1. The van der Waals surface area contributed by atoms with Gasteiger partial charge in [-0.3, -0.25) is 9.59 Å². The van der Waals surface area contributed by atoms with E-state index in [9.17, 15) is 9.59 Å². The van der Waals surface area contributed by atoms with Crippen LogP contribution >= 0.6 is 11.6 Å². The van der Waals surface area contributed by atoms with Crippen molar-refractivity contribution in [3.05, 3.63) is 59.1 Å². The lowest BCUT2D eigenvalue weighted by Gasteiger charge is -2.30. The quantitative estimate of drug-likeness (QED) is 0.544. The summed E-state index contributed by atoms with van der Waals surface area (Å²) in [5.74, 6) is 1.22. The first-order valence-corrected chi connectivity index (χ1v) is 10.4. The van der Waals surface area contributed by atoms with Crippen LogP contribution in [-0.4, -0.2) is 43.5 Å². The Kier molecular flexibility index (Phi) is 9.48. The Morgan fingerprint density at radius 2 is 1.70 bits per heavy atom. The van der Waals surface area contributed by atoms with E-state index in [2.05, 4.69) is 5.32 Å². The molecular weight excluding hydrogens is 404 g/mol. The molecule has 2 amide bonds. The molecule has 30 heavy (non-hydrogen) atoms. The lowest BCUT2D eigenvalue weighted by Crippen LogP contribution is -2.48. The van der Waals surface area contributed by atoms with Crippen LogP contribution in [0, 0.1) is 0 Å². The van der Waals surface area contributed by atoms with Gasteiger partial charge in [0.05, 0.1) is 13.7 Å². The van der Waals surface area contributed by atoms with Crippen molar-refractivity contribution < 1.29 is 19.1 Å². The van der Waals surface area contributed by atoms with Gasteiger partial charge in [-0.05, 0) is 54.8 Å². The number of ether oxygens (including phenoxy) is 2. The number of benzene rings is 2. The second kappa shape index (κ2) is 12.1. The Labute approximate surface area is 183 Å². The lowest BCUT2D eigenvalue weighted by molar-refractivity contribution is -0.141. The van der Waals surface area contributed by atoms with Crippen LogP contribution in [0.4, 0.5) is 0 Å². The molecule has 2 aromatic rings. The molecule has 2 rings (SSSR count). The van der Waals surface area contributed by atoms with Crippen LogP contribution in [0.15, 0.2) is 48.5 Å². The lowest BCUT2D eigenvalue weighted by atomic mass is 10.1. The average molecular weight is 433 g/mol. The first kappa shape index (κ1) is 23.5. The molecule has 0 bridgehead atoms. The van der Waals surface area contributed by atoms with Gasteiger partial charge in [-0.2, -0.15) is 0 Å². The number of amides is 2. The highest BCUT2D eigenvalue weighted by Gasteiger charge is 2.27. The molecule has 0 aliphatic rings. The summed E-state index contributed by atoms with van der Waals surface area (Å²) in [6, 6.07) is 14.1. The fourth-order valence-electron chi connectivity index (χ4n) is 3.10. The third kappa shape index (κ3) is 6.95. The summed E-state index contributed by atoms with van der Waals surface area (Å²) in [5, 5.41) is 3.29. The second-order valence-electron chi connectivity index (χ2n) is 6.81. The van der Waals surface area contributed by atoms with Crippen molar-refractivity contribution in [3.8, 4) is 11.5 Å². The van der Waals surface area contributed by atoms with Gasteiger partial charge in [0, 0.05) is 25.0 Å². The molecule has 7 heteroatoms. The van der Waals surface area contributed by atoms with E-state index in [4.69, 9.17) is 21.1 Å². The van der Waals surface area contributed by atoms with Gasteiger partial charge in [-0.15, -0.1) is 0 Å². The third-order valence-corrected chi connectivity index (χ3v) is 5.01. The number of hydrogen-bond acceptors (Lipinski definition) is 4. The molecule has 0 radical (unpaired) electrons. The minimum absolute atomic E-state index is 0.0845. The van der Waals surface area contributed by atoms with Crippen molar-refractivity contribution in [3.63, 3.8) is 0 Å². The van der Waals surface area contributed by atoms with Gasteiger partial charge in [0.15, 0.2) is 0 Å². The Morgan fingerprint density at radius 3 is 2.27 bits per heavy atom. The van der Waals surface area contributed by atoms with Gasteiger partial charge in [-0.25, -0.2) is 0 Å². The van der Waals surface area contributed by atoms with Gasteiger partial charge < -0.3 is 19.7 Å². The number of likely N-dealkylation sites (N-methyl/N-ethyl adjacent to an activating group) is 1. The van der Waals surface area contributed by atoms with Crippen LogP contribution in [0.2, 0.25) is 5.02 Å². The standard InChI is InChI=1S/C23H29ClN2O4/c1-4-21(23(28)25-2)26(16-17-7-9-18(24)10-8-17)22(27)6-5-15-30-20-13-11-19(29-3)12-14-20/h7-14,21H,4-6,15-16H2,1-3H3,(H,25,28)/t21-/m0/s1. The molecule has 0 spiro atoms. The predicted molar refractivity (Wildman–Crippen MR) is 118 cm³/mol. The molecule has 6 nitrogen and oxygen atoms in total. The Bertz CT molecular complexity index is 809. The van der Waals surface area contributed by atoms with Crippen LogP contribution in [0.25, 0.3) is 0 Å². The van der Waals surface area contributed by atoms with E-state index >= 15 is 0 Å². The van der Waals surface area contributed by atoms with Crippen molar-refractivity contribution in [2.24, 2.45) is 0 Å². The summed E-state index contributed by atoms with van der Waals surface area (Å²) >= 11 is 5.96. The normalized spacial score (nSPS) is 11.5. The van der Waals surface area contributed by atoms with Crippen LogP contribution in [0.3, 0.4) is 0 Å². The Balaban J connectivity index is 1.98. The van der Waals surface area contributed by atoms with Crippen LogP contribution in [-0.2, 0) is 16.1 Å². The van der Waals surface area contributed by atoms with E-state index in [1.807, 2.05) is 43.3 Å². The molecule has 0 saturated heterocycles. The third-order valence-electron chi connectivity index (χ3n) is 4.76. The molecule has 0 heterocycles. The minimum atomic E-state index is -0.527. The summed E-state index contributed by atoms with van der Waals surface area (Å²) in [6.45, 7) is 2.65. The van der Waals surface area contributed by atoms with E-state index in [-0.39, 0.29) is 18.2 Å². The molecule has 162 valence electrons. The zero-order chi connectivity index (χ0) is 21.9. The number of halogens is 1. The molecule has 0 fully saturated rings. The molecule has 0 aromatic heterocycles. The molecular formula is C23H29ClN2O4. The SMILES string of the molecule is CC[C@@H](C(=O)NC)N(Cc1ccc(Cl)cc1)C(=O)CCCOc1ccc(OC)cc1. The van der Waals surface area contributed by atoms with E-state index in [1.54, 1.807) is 31.2 Å². The number of methoxy groups -OCH3 is 1. The molecule has 0 saturated carbocycles. The minimum Gasteiger partial charge on any atom is -0.497 e. The maximum Gasteiger partial charge on any atom is 0.242 e. The highest BCUT2D eigenvalue weighted by molar-refractivity contribution is 6.30. The number of hydrogen-bond donors (Lipinski definition) is 1. The van der Waals surface area contributed by atoms with E-state index in [0.29, 0.717) is 31.0 Å². The largest absolute Gasteiger partial charge is 0.497 e. The van der Waals surface area contributed by atoms with Crippen molar-refractivity contribution in [1.29, 1.82) is 0 Å². The summed E-state index contributed by atoms with van der Waals surface area (Å²) in [4.78, 5) is 27.0. The molecule has 0 aliphatic carbocycles. The molecule has 2 aromatic carbocycles. The summed E-state index contributed by atoms with van der Waals surface area (Å²) in [6.07, 6.45) is 1.37. The van der Waals surface area contributed by atoms with Crippen LogP contribution in [0.5, 0.6) is 11.5 Å². The highest BCUT2D eigenvalue weighted by atomic mass is 35.5. The Morgan fingerprint density at radius 1 is 1.07 bits per heavy atom. The highest BCUT2D eigenvalue weighted by Crippen LogP contribution is 2.19. The van der Waals surface area contributed by atoms with Crippen LogP contribution in [0.1, 0.15) is 31.7 Å². The predicted octanol–water partition coefficient (Wildman–Crippen LogP) is 4.06. The Hall–Kier alpha value is -2.73. The van der Waals surface area contributed by atoms with Gasteiger partial charge in [0.25, 0.3) is 0 Å². The first-order chi connectivity index (χ1) is 14.5. The maximum absolute atomic E-state index is 13.0. The summed E-state index contributed by atoms with van der Waals surface area (Å²) in [7, 11) is 3.19. The number of nitrogens with one attached hydrogen (secondary N) is 1. The summed E-state index contributed by atoms with van der Waals surface area (Å²) in [5.41, 5.74) is 0.921. The molecule has 0 unspecified atom stereocenters. The van der Waals surface area contributed by atoms with Gasteiger partial charge in [0.2, 0.25) is 11.8 Å². The smallest absolute Gasteiger partial charge is 0.242 e. The van der Waals surface area contributed by atoms with Crippen LogP contribution < -0.4 is 14.8 Å². The van der Waals surface area contributed by atoms with Gasteiger partial charge in [-0.1, -0.05) is 30.7 Å². The average Bonchev–Trinajstić information content (AvgIpc) is 2.77. The number of rotatable bonds is 11. The summed E-state index contributed by atoms with van der Waals surface area (Å²) < 4.78 is 10.8. The zero-order valence-electron chi connectivity index (χ0n) is 17.7. The van der Waals surface area contributed by atoms with E-state index in [1.165, 1.54) is 0 Å². The van der Waals surface area contributed by atoms with E-state index in [0.717, 1.165) is 17.1 Å².